The molecule has 1 heterocycles. The van der Waals surface area contributed by atoms with Gasteiger partial charge in [0.2, 0.25) is 0 Å². The van der Waals surface area contributed by atoms with E-state index in [2.05, 4.69) is 4.98 Å². The summed E-state index contributed by atoms with van der Waals surface area (Å²) in [6.45, 7) is -0.397. The van der Waals surface area contributed by atoms with Crippen LogP contribution in [0.3, 0.4) is 0 Å². The Kier molecular flexibility index (Phi) is 6.40. The van der Waals surface area contributed by atoms with E-state index in [0.29, 0.717) is 38.0 Å². The monoisotopic (exact) mass is 465 g/mol. The normalized spacial score (nSPS) is 10.7. The molecule has 0 bridgehead atoms. The molecule has 160 valence electrons. The number of benzene rings is 3. The first-order valence-corrected chi connectivity index (χ1v) is 10.4. The fourth-order valence-electron chi connectivity index (χ4n) is 3.22. The van der Waals surface area contributed by atoms with Gasteiger partial charge in [-0.2, -0.15) is 0 Å². The molecule has 0 saturated carbocycles. The summed E-state index contributed by atoms with van der Waals surface area (Å²) in [4.78, 5) is 30.0. The number of carbonyl (C=O) groups is 2. The van der Waals surface area contributed by atoms with Gasteiger partial charge in [-0.1, -0.05) is 47.5 Å². The van der Waals surface area contributed by atoms with Crippen LogP contribution in [0.15, 0.2) is 72.8 Å². The predicted octanol–water partition coefficient (Wildman–Crippen LogP) is 6.26. The second kappa shape index (κ2) is 9.39. The number of ketones is 1. The number of hydrogen-bond acceptors (Lipinski definition) is 5. The van der Waals surface area contributed by atoms with Gasteiger partial charge in [-0.25, -0.2) is 9.78 Å². The maximum atomic E-state index is 13.0. The maximum Gasteiger partial charge on any atom is 0.339 e. The Hall–Kier alpha value is -3.41. The van der Waals surface area contributed by atoms with Crippen LogP contribution in [0.5, 0.6) is 5.75 Å². The lowest BCUT2D eigenvalue weighted by Gasteiger charge is -2.11. The molecule has 0 aliphatic rings. The van der Waals surface area contributed by atoms with Crippen molar-refractivity contribution in [2.45, 2.75) is 0 Å². The fourth-order valence-corrected chi connectivity index (χ4v) is 3.56. The number of methoxy groups -OCH3 is 1. The van der Waals surface area contributed by atoms with Crippen molar-refractivity contribution >= 4 is 45.9 Å². The van der Waals surface area contributed by atoms with Gasteiger partial charge in [0.15, 0.2) is 12.4 Å². The molecule has 0 unspecified atom stereocenters. The number of ether oxygens (including phenoxy) is 2. The van der Waals surface area contributed by atoms with Crippen molar-refractivity contribution in [2.24, 2.45) is 0 Å². The molecule has 0 aliphatic heterocycles. The van der Waals surface area contributed by atoms with Crippen molar-refractivity contribution in [3.05, 3.63) is 94.0 Å². The van der Waals surface area contributed by atoms with E-state index >= 15 is 0 Å². The van der Waals surface area contributed by atoms with Gasteiger partial charge >= 0.3 is 5.97 Å². The molecular weight excluding hydrogens is 449 g/mol. The van der Waals surface area contributed by atoms with E-state index in [1.54, 1.807) is 79.9 Å². The second-order valence-electron chi connectivity index (χ2n) is 6.93. The summed E-state index contributed by atoms with van der Waals surface area (Å²) in [7, 11) is 1.54. The first-order chi connectivity index (χ1) is 15.5. The van der Waals surface area contributed by atoms with E-state index in [9.17, 15) is 9.59 Å². The lowest BCUT2D eigenvalue weighted by molar-refractivity contribution is 0.0476. The highest BCUT2D eigenvalue weighted by Gasteiger charge is 2.18. The highest BCUT2D eigenvalue weighted by atomic mass is 35.5. The number of rotatable bonds is 6. The Balaban J connectivity index is 1.64. The number of Topliss-reactive ketones (excluding diaryl/α,β-unsaturated/α-hetero) is 1. The highest BCUT2D eigenvalue weighted by molar-refractivity contribution is 6.35. The summed E-state index contributed by atoms with van der Waals surface area (Å²) in [5, 5.41) is 1.53. The Labute approximate surface area is 194 Å². The first-order valence-electron chi connectivity index (χ1n) is 9.66. The minimum Gasteiger partial charge on any atom is -0.497 e. The number of para-hydroxylation sites is 1. The van der Waals surface area contributed by atoms with Crippen molar-refractivity contribution < 1.29 is 19.1 Å². The van der Waals surface area contributed by atoms with E-state index in [4.69, 9.17) is 32.7 Å². The number of fused-ring (bicyclic) bond motifs is 1. The summed E-state index contributed by atoms with van der Waals surface area (Å²) in [6, 6.07) is 20.5. The Morgan fingerprint density at radius 2 is 1.66 bits per heavy atom. The molecule has 4 aromatic rings. The van der Waals surface area contributed by atoms with Gasteiger partial charge in [-0.15, -0.1) is 0 Å². The van der Waals surface area contributed by atoms with Gasteiger partial charge in [-0.05, 0) is 48.5 Å². The molecular formula is C25H17Cl2NO4. The van der Waals surface area contributed by atoms with Crippen LogP contribution in [0.25, 0.3) is 22.2 Å². The van der Waals surface area contributed by atoms with Crippen molar-refractivity contribution in [3.8, 4) is 17.0 Å². The highest BCUT2D eigenvalue weighted by Crippen LogP contribution is 2.30. The average molecular weight is 466 g/mol. The largest absolute Gasteiger partial charge is 0.497 e. The molecule has 5 nitrogen and oxygen atoms in total. The summed E-state index contributed by atoms with van der Waals surface area (Å²) >= 11 is 12.3. The predicted molar refractivity (Wildman–Crippen MR) is 125 cm³/mol. The molecule has 0 atom stereocenters. The molecule has 3 aromatic carbocycles. The molecule has 0 saturated heterocycles. The minimum atomic E-state index is -0.642. The Morgan fingerprint density at radius 3 is 2.34 bits per heavy atom. The van der Waals surface area contributed by atoms with Crippen LogP contribution in [0, 0.1) is 0 Å². The Bertz CT molecular complexity index is 1300. The van der Waals surface area contributed by atoms with Gasteiger partial charge in [0.05, 0.1) is 28.9 Å². The number of halogens is 2. The molecule has 0 fully saturated rings. The number of carbonyl (C=O) groups excluding carboxylic acids is 2. The molecule has 32 heavy (non-hydrogen) atoms. The molecule has 0 aliphatic carbocycles. The third-order valence-corrected chi connectivity index (χ3v) is 5.45. The van der Waals surface area contributed by atoms with E-state index in [-0.39, 0.29) is 11.3 Å². The zero-order chi connectivity index (χ0) is 22.7. The Morgan fingerprint density at radius 1 is 0.938 bits per heavy atom. The second-order valence-corrected chi connectivity index (χ2v) is 7.77. The number of nitrogens with zero attached hydrogens (tertiary/aromatic N) is 1. The molecule has 0 amide bonds. The SMILES string of the molecule is COc1ccc(C(=O)COC(=O)c2cc(-c3ccc(Cl)cc3)nc3c(Cl)cccc23)cc1. The van der Waals surface area contributed by atoms with Crippen LogP contribution in [-0.2, 0) is 4.74 Å². The minimum absolute atomic E-state index is 0.269. The van der Waals surface area contributed by atoms with Crippen LogP contribution >= 0.6 is 23.2 Å². The topological polar surface area (TPSA) is 65.5 Å². The number of pyridine rings is 1. The molecule has 0 N–H and O–H groups in total. The lowest BCUT2D eigenvalue weighted by atomic mass is 10.0. The maximum absolute atomic E-state index is 13.0. The van der Waals surface area contributed by atoms with Crippen LogP contribution in [0.2, 0.25) is 10.0 Å². The molecule has 4 rings (SSSR count). The number of aromatic nitrogens is 1. The van der Waals surface area contributed by atoms with Crippen molar-refractivity contribution in [3.63, 3.8) is 0 Å². The third-order valence-electron chi connectivity index (χ3n) is 4.90. The van der Waals surface area contributed by atoms with E-state index in [0.717, 1.165) is 5.56 Å². The number of esters is 1. The smallest absolute Gasteiger partial charge is 0.339 e. The summed E-state index contributed by atoms with van der Waals surface area (Å²) in [6.07, 6.45) is 0. The van der Waals surface area contributed by atoms with E-state index in [1.807, 2.05) is 0 Å². The van der Waals surface area contributed by atoms with Crippen LogP contribution in [0.1, 0.15) is 20.7 Å². The van der Waals surface area contributed by atoms with Gasteiger partial charge in [0, 0.05) is 21.5 Å². The van der Waals surface area contributed by atoms with Crippen molar-refractivity contribution in [1.29, 1.82) is 0 Å². The van der Waals surface area contributed by atoms with E-state index < -0.39 is 12.6 Å². The summed E-state index contributed by atoms with van der Waals surface area (Å²) in [5.41, 5.74) is 2.46. The molecule has 0 spiro atoms. The summed E-state index contributed by atoms with van der Waals surface area (Å²) in [5.74, 6) is -0.333. The standard InChI is InChI=1S/C25H17Cl2NO4/c1-31-18-11-7-16(8-12-18)23(29)14-32-25(30)20-13-22(15-5-9-17(26)10-6-15)28-24-19(20)3-2-4-21(24)27/h2-13H,14H2,1H3. The van der Waals surface area contributed by atoms with Gasteiger partial charge in [0.25, 0.3) is 0 Å². The third kappa shape index (κ3) is 4.59. The van der Waals surface area contributed by atoms with Crippen LogP contribution < -0.4 is 4.74 Å². The van der Waals surface area contributed by atoms with Crippen LogP contribution in [0.4, 0.5) is 0 Å². The molecule has 7 heteroatoms. The summed E-state index contributed by atoms with van der Waals surface area (Å²) < 4.78 is 10.4. The van der Waals surface area contributed by atoms with Gasteiger partial charge in [0.1, 0.15) is 5.75 Å². The van der Waals surface area contributed by atoms with Gasteiger partial charge < -0.3 is 9.47 Å². The number of hydrogen-bond donors (Lipinski definition) is 0. The zero-order valence-corrected chi connectivity index (χ0v) is 18.5. The zero-order valence-electron chi connectivity index (χ0n) is 17.0. The van der Waals surface area contributed by atoms with E-state index in [1.165, 1.54) is 0 Å². The molecule has 1 aromatic heterocycles. The average Bonchev–Trinajstić information content (AvgIpc) is 2.82. The lowest BCUT2D eigenvalue weighted by Crippen LogP contribution is -2.15. The molecule has 0 radical (unpaired) electrons. The quantitative estimate of drug-likeness (QED) is 0.248. The van der Waals surface area contributed by atoms with Gasteiger partial charge in [-0.3, -0.25) is 4.79 Å². The van der Waals surface area contributed by atoms with Crippen LogP contribution in [-0.4, -0.2) is 30.5 Å². The van der Waals surface area contributed by atoms with Crippen molar-refractivity contribution in [2.75, 3.05) is 13.7 Å². The first kappa shape index (κ1) is 21.8. The van der Waals surface area contributed by atoms with Crippen molar-refractivity contribution in [1.82, 2.24) is 4.98 Å². The fraction of sp³-hybridized carbons (Fsp3) is 0.0800.